The SMILES string of the molecule is CCCCCCCCCCCCCC(=O)OC[C@H](COP(=O)(O)OCC(COC(=O)CCN)OC(=O)CCN)OC(=O)CCCCCCCCCCCCC.Cl.Cl. The lowest BCUT2D eigenvalue weighted by Gasteiger charge is -2.22. The van der Waals surface area contributed by atoms with Crippen LogP contribution in [-0.2, 0) is 51.7 Å². The first kappa shape index (κ1) is 59.8. The van der Waals surface area contributed by atoms with Crippen molar-refractivity contribution in [3.8, 4) is 0 Å². The zero-order valence-electron chi connectivity index (χ0n) is 35.1. The molecule has 0 aliphatic carbocycles. The molecule has 0 heterocycles. The van der Waals surface area contributed by atoms with Gasteiger partial charge < -0.3 is 35.3 Å². The smallest absolute Gasteiger partial charge is 0.462 e. The third-order valence-electron chi connectivity index (χ3n) is 8.97. The van der Waals surface area contributed by atoms with E-state index in [1.54, 1.807) is 0 Å². The Balaban J connectivity index is -0.0000146. The zero-order valence-corrected chi connectivity index (χ0v) is 37.7. The molecule has 0 amide bonds. The van der Waals surface area contributed by atoms with Gasteiger partial charge in [-0.3, -0.25) is 28.2 Å². The summed E-state index contributed by atoms with van der Waals surface area (Å²) >= 11 is 0. The van der Waals surface area contributed by atoms with Crippen LogP contribution < -0.4 is 11.5 Å². The largest absolute Gasteiger partial charge is 0.472 e. The van der Waals surface area contributed by atoms with Gasteiger partial charge in [-0.1, -0.05) is 142 Å². The molecule has 2 unspecified atom stereocenters. The minimum atomic E-state index is -4.81. The highest BCUT2D eigenvalue weighted by Crippen LogP contribution is 2.43. The van der Waals surface area contributed by atoms with E-state index in [1.807, 2.05) is 0 Å². The monoisotopic (exact) mass is 880 g/mol. The summed E-state index contributed by atoms with van der Waals surface area (Å²) in [5, 5.41) is 0. The Morgan fingerprint density at radius 3 is 1.09 bits per heavy atom. The van der Waals surface area contributed by atoms with Gasteiger partial charge in [0.15, 0.2) is 12.2 Å². The van der Waals surface area contributed by atoms with E-state index < -0.39 is 63.7 Å². The van der Waals surface area contributed by atoms with Crippen molar-refractivity contribution in [2.24, 2.45) is 11.5 Å². The van der Waals surface area contributed by atoms with E-state index in [4.69, 9.17) is 39.5 Å². The van der Waals surface area contributed by atoms with Crippen molar-refractivity contribution in [3.63, 3.8) is 0 Å². The Hall–Kier alpha value is -1.51. The molecule has 340 valence electrons. The average molecular weight is 882 g/mol. The summed E-state index contributed by atoms with van der Waals surface area (Å²) in [4.78, 5) is 59.4. The molecule has 0 rings (SSSR count). The van der Waals surface area contributed by atoms with Crippen LogP contribution in [0.4, 0.5) is 0 Å². The molecule has 57 heavy (non-hydrogen) atoms. The summed E-state index contributed by atoms with van der Waals surface area (Å²) in [6, 6.07) is 0. The first-order chi connectivity index (χ1) is 26.6. The predicted molar refractivity (Wildman–Crippen MR) is 227 cm³/mol. The number of hydrogen-bond acceptors (Lipinski definition) is 13. The fourth-order valence-electron chi connectivity index (χ4n) is 5.73. The van der Waals surface area contributed by atoms with Gasteiger partial charge in [0.05, 0.1) is 26.1 Å². The van der Waals surface area contributed by atoms with Crippen LogP contribution in [0.2, 0.25) is 0 Å². The van der Waals surface area contributed by atoms with E-state index >= 15 is 0 Å². The molecule has 14 nitrogen and oxygen atoms in total. The van der Waals surface area contributed by atoms with Crippen molar-refractivity contribution in [3.05, 3.63) is 0 Å². The molecular weight excluding hydrogens is 802 g/mol. The normalized spacial score (nSPS) is 13.0. The number of hydrogen-bond donors (Lipinski definition) is 3. The van der Waals surface area contributed by atoms with Crippen molar-refractivity contribution in [1.82, 2.24) is 0 Å². The number of phosphoric acid groups is 1. The Labute approximate surface area is 356 Å². The van der Waals surface area contributed by atoms with E-state index in [0.717, 1.165) is 38.5 Å². The van der Waals surface area contributed by atoms with Crippen molar-refractivity contribution < 1.29 is 56.6 Å². The van der Waals surface area contributed by atoms with Gasteiger partial charge in [-0.05, 0) is 12.8 Å². The van der Waals surface area contributed by atoms with E-state index in [9.17, 15) is 28.6 Å². The lowest BCUT2D eigenvalue weighted by atomic mass is 10.1. The van der Waals surface area contributed by atoms with E-state index in [0.29, 0.717) is 12.8 Å². The second-order valence-electron chi connectivity index (χ2n) is 14.3. The van der Waals surface area contributed by atoms with E-state index in [2.05, 4.69) is 13.8 Å². The van der Waals surface area contributed by atoms with Crippen LogP contribution in [0.25, 0.3) is 0 Å². The highest BCUT2D eigenvalue weighted by Gasteiger charge is 2.29. The number of phosphoric ester groups is 1. The van der Waals surface area contributed by atoms with Crippen LogP contribution in [0.5, 0.6) is 0 Å². The second-order valence-corrected chi connectivity index (χ2v) is 15.8. The third kappa shape index (κ3) is 41.0. The quantitative estimate of drug-likeness (QED) is 0.0227. The lowest BCUT2D eigenvalue weighted by Crippen LogP contribution is -2.31. The first-order valence-electron chi connectivity index (χ1n) is 21.3. The highest BCUT2D eigenvalue weighted by atomic mass is 35.5. The number of nitrogens with two attached hydrogens (primary N) is 2. The fraction of sp³-hybridized carbons (Fsp3) is 0.900. The number of esters is 4. The molecule has 0 aromatic rings. The number of halogens is 2. The molecule has 0 saturated carbocycles. The van der Waals surface area contributed by atoms with E-state index in [-0.39, 0.29) is 70.2 Å². The molecule has 0 spiro atoms. The minimum absolute atomic E-state index is 0. The molecule has 0 fully saturated rings. The predicted octanol–water partition coefficient (Wildman–Crippen LogP) is 8.97. The van der Waals surface area contributed by atoms with Gasteiger partial charge in [-0.2, -0.15) is 0 Å². The summed E-state index contributed by atoms with van der Waals surface area (Å²) in [6.07, 6.45) is 22.8. The van der Waals surface area contributed by atoms with Crippen molar-refractivity contribution in [1.29, 1.82) is 0 Å². The van der Waals surface area contributed by atoms with Crippen LogP contribution in [0.15, 0.2) is 0 Å². The molecule has 0 radical (unpaired) electrons. The number of ether oxygens (including phenoxy) is 4. The van der Waals surface area contributed by atoms with Gasteiger partial charge in [0.2, 0.25) is 0 Å². The summed E-state index contributed by atoms with van der Waals surface area (Å²) in [7, 11) is -4.81. The molecule has 17 heteroatoms. The molecule has 3 atom stereocenters. The summed E-state index contributed by atoms with van der Waals surface area (Å²) in [6.45, 7) is 2.40. The number of unbranched alkanes of at least 4 members (excludes halogenated alkanes) is 20. The molecule has 0 aliphatic rings. The number of carbonyl (C=O) groups is 4. The molecule has 0 bridgehead atoms. The maximum absolute atomic E-state index is 12.8. The molecule has 5 N–H and O–H groups in total. The van der Waals surface area contributed by atoms with Crippen LogP contribution in [0.1, 0.15) is 181 Å². The van der Waals surface area contributed by atoms with Crippen LogP contribution in [0, 0.1) is 0 Å². The second kappa shape index (κ2) is 42.6. The van der Waals surface area contributed by atoms with Crippen LogP contribution in [0.3, 0.4) is 0 Å². The topological polar surface area (TPSA) is 213 Å². The van der Waals surface area contributed by atoms with Crippen molar-refractivity contribution in [2.75, 3.05) is 39.5 Å². The van der Waals surface area contributed by atoms with Crippen LogP contribution >= 0.6 is 32.6 Å². The Kier molecular flexibility index (Phi) is 44.7. The van der Waals surface area contributed by atoms with Gasteiger partial charge in [-0.25, -0.2) is 4.57 Å². The maximum atomic E-state index is 12.8. The van der Waals surface area contributed by atoms with Crippen molar-refractivity contribution >= 4 is 56.5 Å². The zero-order chi connectivity index (χ0) is 40.8. The van der Waals surface area contributed by atoms with Crippen LogP contribution in [-0.4, -0.2) is 80.5 Å². The van der Waals surface area contributed by atoms with Gasteiger partial charge in [0, 0.05) is 25.9 Å². The maximum Gasteiger partial charge on any atom is 0.472 e. The molecule has 0 aromatic carbocycles. The first-order valence-corrected chi connectivity index (χ1v) is 22.8. The number of carbonyl (C=O) groups excluding carboxylic acids is 4. The molecule has 0 aliphatic heterocycles. The summed E-state index contributed by atoms with van der Waals surface area (Å²) in [5.74, 6) is -2.37. The standard InChI is InChI=1S/C40H77N2O12P.2ClH/c1-3-5-7-9-11-13-15-17-19-21-23-25-37(43)49-31-35(53-39(45)26-24-22-20-18-16-14-12-10-8-6-4-2)33-51-55(47,48)52-34-36(54-40(46)28-30-42)32-50-38(44)27-29-41;;/h35-36H,3-34,41-42H2,1-2H3,(H,47,48);2*1H/t35-,36?;;/m1../s1. The van der Waals surface area contributed by atoms with Gasteiger partial charge in [-0.15, -0.1) is 24.8 Å². The third-order valence-corrected chi connectivity index (χ3v) is 9.92. The Bertz CT molecular complexity index is 1030. The fourth-order valence-corrected chi connectivity index (χ4v) is 6.52. The Morgan fingerprint density at radius 2 is 0.737 bits per heavy atom. The summed E-state index contributed by atoms with van der Waals surface area (Å²) < 4.78 is 44.0. The van der Waals surface area contributed by atoms with Crippen molar-refractivity contribution in [2.45, 2.75) is 193 Å². The number of rotatable bonds is 40. The molecule has 0 aromatic heterocycles. The Morgan fingerprint density at radius 1 is 0.456 bits per heavy atom. The van der Waals surface area contributed by atoms with Gasteiger partial charge in [0.1, 0.15) is 13.2 Å². The van der Waals surface area contributed by atoms with Gasteiger partial charge in [0.25, 0.3) is 0 Å². The highest BCUT2D eigenvalue weighted by molar-refractivity contribution is 7.47. The average Bonchev–Trinajstić information content (AvgIpc) is 3.15. The van der Waals surface area contributed by atoms with E-state index in [1.165, 1.54) is 89.9 Å². The van der Waals surface area contributed by atoms with Gasteiger partial charge >= 0.3 is 31.7 Å². The molecular formula is C40H79Cl2N2O12P. The summed E-state index contributed by atoms with van der Waals surface area (Å²) in [5.41, 5.74) is 10.7. The molecule has 0 saturated heterocycles. The lowest BCUT2D eigenvalue weighted by molar-refractivity contribution is -0.162. The minimum Gasteiger partial charge on any atom is -0.462 e.